The Morgan fingerprint density at radius 3 is 2.68 bits per heavy atom. The SMILES string of the molecule is CCOc1ccc([N+](=O)[O-])c(C(=O)NC[C@@](C)(O)c2ccc(C)o2)c1. The maximum atomic E-state index is 12.4. The predicted molar refractivity (Wildman–Crippen MR) is 89.6 cm³/mol. The van der Waals surface area contributed by atoms with Crippen molar-refractivity contribution in [1.82, 2.24) is 5.32 Å². The van der Waals surface area contributed by atoms with E-state index in [1.807, 2.05) is 0 Å². The van der Waals surface area contributed by atoms with Crippen molar-refractivity contribution in [2.45, 2.75) is 26.4 Å². The molecule has 2 rings (SSSR count). The van der Waals surface area contributed by atoms with Crippen molar-refractivity contribution in [2.75, 3.05) is 13.2 Å². The molecule has 2 N–H and O–H groups in total. The van der Waals surface area contributed by atoms with Crippen LogP contribution >= 0.6 is 0 Å². The molecule has 1 amide bonds. The molecule has 1 atom stereocenters. The van der Waals surface area contributed by atoms with Gasteiger partial charge in [-0.2, -0.15) is 0 Å². The molecule has 2 aromatic rings. The largest absolute Gasteiger partial charge is 0.494 e. The van der Waals surface area contributed by atoms with Crippen LogP contribution in [0.1, 0.15) is 35.7 Å². The fraction of sp³-hybridized carbons (Fsp3) is 0.353. The van der Waals surface area contributed by atoms with E-state index in [9.17, 15) is 20.0 Å². The van der Waals surface area contributed by atoms with Crippen LogP contribution in [0.2, 0.25) is 0 Å². The molecular formula is C17H20N2O6. The molecule has 0 radical (unpaired) electrons. The smallest absolute Gasteiger partial charge is 0.282 e. The van der Waals surface area contributed by atoms with Gasteiger partial charge >= 0.3 is 0 Å². The first kappa shape index (κ1) is 18.5. The Bertz CT molecular complexity index is 781. The summed E-state index contributed by atoms with van der Waals surface area (Å²) < 4.78 is 10.7. The summed E-state index contributed by atoms with van der Waals surface area (Å²) in [5.41, 5.74) is -1.92. The van der Waals surface area contributed by atoms with Gasteiger partial charge in [-0.3, -0.25) is 14.9 Å². The molecule has 8 heteroatoms. The van der Waals surface area contributed by atoms with E-state index in [1.165, 1.54) is 25.1 Å². The number of aryl methyl sites for hydroxylation is 1. The highest BCUT2D eigenvalue weighted by molar-refractivity contribution is 5.98. The summed E-state index contributed by atoms with van der Waals surface area (Å²) in [7, 11) is 0. The summed E-state index contributed by atoms with van der Waals surface area (Å²) in [5, 5.41) is 24.1. The van der Waals surface area contributed by atoms with Crippen LogP contribution in [0.3, 0.4) is 0 Å². The first-order valence-corrected chi connectivity index (χ1v) is 7.73. The van der Waals surface area contributed by atoms with Gasteiger partial charge in [-0.05, 0) is 45.0 Å². The van der Waals surface area contributed by atoms with Crippen molar-refractivity contribution >= 4 is 11.6 Å². The van der Waals surface area contributed by atoms with Crippen molar-refractivity contribution < 1.29 is 24.0 Å². The van der Waals surface area contributed by atoms with Crippen molar-refractivity contribution in [3.05, 3.63) is 57.5 Å². The molecule has 0 unspecified atom stereocenters. The standard InChI is InChI=1S/C17H20N2O6/c1-4-24-12-6-7-14(19(22)23)13(9-12)16(20)18-10-17(3,21)15-8-5-11(2)25-15/h5-9,21H,4,10H2,1-3H3,(H,18,20)/t17-/m1/s1. The number of carbonyl (C=O) groups excluding carboxylic acids is 1. The van der Waals surface area contributed by atoms with Crippen molar-refractivity contribution in [1.29, 1.82) is 0 Å². The zero-order chi connectivity index (χ0) is 18.6. The second-order valence-electron chi connectivity index (χ2n) is 5.74. The monoisotopic (exact) mass is 348 g/mol. The van der Waals surface area contributed by atoms with E-state index in [0.717, 1.165) is 0 Å². The van der Waals surface area contributed by atoms with Crippen LogP contribution in [0.4, 0.5) is 5.69 Å². The molecule has 0 bridgehead atoms. The number of rotatable bonds is 7. The number of hydrogen-bond donors (Lipinski definition) is 2. The van der Waals surface area contributed by atoms with Gasteiger partial charge in [0.2, 0.25) is 0 Å². The van der Waals surface area contributed by atoms with Crippen LogP contribution < -0.4 is 10.1 Å². The normalized spacial score (nSPS) is 13.1. The molecule has 0 aliphatic rings. The third-order valence-corrected chi connectivity index (χ3v) is 3.58. The van der Waals surface area contributed by atoms with Crippen molar-refractivity contribution in [3.8, 4) is 5.75 Å². The van der Waals surface area contributed by atoms with E-state index in [0.29, 0.717) is 23.9 Å². The number of aliphatic hydroxyl groups is 1. The van der Waals surface area contributed by atoms with Crippen LogP contribution in [-0.4, -0.2) is 29.1 Å². The number of ether oxygens (including phenoxy) is 1. The third-order valence-electron chi connectivity index (χ3n) is 3.58. The second kappa shape index (κ2) is 7.35. The molecule has 1 aromatic carbocycles. The summed E-state index contributed by atoms with van der Waals surface area (Å²) in [5.74, 6) is 0.591. The summed E-state index contributed by atoms with van der Waals surface area (Å²) >= 11 is 0. The molecule has 0 spiro atoms. The topological polar surface area (TPSA) is 115 Å². The molecule has 0 fully saturated rings. The Hall–Kier alpha value is -2.87. The molecule has 0 saturated carbocycles. The van der Waals surface area contributed by atoms with E-state index < -0.39 is 16.4 Å². The Kier molecular flexibility index (Phi) is 5.43. The second-order valence-corrected chi connectivity index (χ2v) is 5.74. The number of nitro groups is 1. The maximum Gasteiger partial charge on any atom is 0.282 e. The van der Waals surface area contributed by atoms with Gasteiger partial charge in [0.1, 0.15) is 28.4 Å². The van der Waals surface area contributed by atoms with Gasteiger partial charge in [-0.25, -0.2) is 0 Å². The summed E-state index contributed by atoms with van der Waals surface area (Å²) in [6.07, 6.45) is 0. The Balaban J connectivity index is 2.19. The van der Waals surface area contributed by atoms with Crippen molar-refractivity contribution in [3.63, 3.8) is 0 Å². The average Bonchev–Trinajstić information content (AvgIpc) is 3.00. The quantitative estimate of drug-likeness (QED) is 0.587. The van der Waals surface area contributed by atoms with E-state index in [4.69, 9.17) is 9.15 Å². The van der Waals surface area contributed by atoms with E-state index >= 15 is 0 Å². The fourth-order valence-corrected chi connectivity index (χ4v) is 2.27. The minimum absolute atomic E-state index is 0.137. The maximum absolute atomic E-state index is 12.4. The molecule has 25 heavy (non-hydrogen) atoms. The van der Waals surface area contributed by atoms with Gasteiger partial charge in [-0.15, -0.1) is 0 Å². The highest BCUT2D eigenvalue weighted by Crippen LogP contribution is 2.25. The van der Waals surface area contributed by atoms with E-state index in [1.54, 1.807) is 26.0 Å². The predicted octanol–water partition coefficient (Wildman–Crippen LogP) is 2.53. The summed E-state index contributed by atoms with van der Waals surface area (Å²) in [4.78, 5) is 22.9. The number of nitro benzene ring substituents is 1. The van der Waals surface area contributed by atoms with Gasteiger partial charge < -0.3 is 19.6 Å². The van der Waals surface area contributed by atoms with Gasteiger partial charge in [-0.1, -0.05) is 0 Å². The molecule has 0 aliphatic carbocycles. The lowest BCUT2D eigenvalue weighted by atomic mass is 10.0. The number of benzene rings is 1. The first-order chi connectivity index (χ1) is 11.7. The van der Waals surface area contributed by atoms with Crippen LogP contribution in [-0.2, 0) is 5.60 Å². The van der Waals surface area contributed by atoms with Crippen LogP contribution in [0.15, 0.2) is 34.7 Å². The van der Waals surface area contributed by atoms with Gasteiger partial charge in [0.25, 0.3) is 11.6 Å². The third kappa shape index (κ3) is 4.36. The minimum atomic E-state index is -1.45. The van der Waals surface area contributed by atoms with Crippen LogP contribution in [0, 0.1) is 17.0 Å². The van der Waals surface area contributed by atoms with Crippen molar-refractivity contribution in [2.24, 2.45) is 0 Å². The minimum Gasteiger partial charge on any atom is -0.494 e. The molecule has 1 aromatic heterocycles. The molecule has 134 valence electrons. The number of carbonyl (C=O) groups is 1. The number of nitrogens with one attached hydrogen (secondary N) is 1. The van der Waals surface area contributed by atoms with Gasteiger partial charge in [0.05, 0.1) is 18.1 Å². The number of furan rings is 1. The molecule has 1 heterocycles. The summed E-state index contributed by atoms with van der Waals surface area (Å²) in [6, 6.07) is 7.26. The number of hydrogen-bond acceptors (Lipinski definition) is 6. The average molecular weight is 348 g/mol. The molecular weight excluding hydrogens is 328 g/mol. The Morgan fingerprint density at radius 1 is 1.40 bits per heavy atom. The number of nitrogens with zero attached hydrogens (tertiary/aromatic N) is 1. The lowest BCUT2D eigenvalue weighted by Crippen LogP contribution is -2.38. The van der Waals surface area contributed by atoms with E-state index in [-0.39, 0.29) is 17.8 Å². The van der Waals surface area contributed by atoms with Gasteiger partial charge in [0, 0.05) is 6.07 Å². The molecule has 0 aliphatic heterocycles. The molecule has 8 nitrogen and oxygen atoms in total. The van der Waals surface area contributed by atoms with Crippen LogP contribution in [0.5, 0.6) is 5.75 Å². The fourth-order valence-electron chi connectivity index (χ4n) is 2.27. The zero-order valence-electron chi connectivity index (χ0n) is 14.2. The Labute approximate surface area is 144 Å². The first-order valence-electron chi connectivity index (χ1n) is 7.73. The van der Waals surface area contributed by atoms with E-state index in [2.05, 4.69) is 5.32 Å². The van der Waals surface area contributed by atoms with Gasteiger partial charge in [0.15, 0.2) is 0 Å². The lowest BCUT2D eigenvalue weighted by Gasteiger charge is -2.21. The van der Waals surface area contributed by atoms with Crippen LogP contribution in [0.25, 0.3) is 0 Å². The summed E-state index contributed by atoms with van der Waals surface area (Å²) in [6.45, 7) is 5.18. The lowest BCUT2D eigenvalue weighted by molar-refractivity contribution is -0.385. The zero-order valence-corrected chi connectivity index (χ0v) is 14.2. The highest BCUT2D eigenvalue weighted by atomic mass is 16.6. The molecule has 0 saturated heterocycles. The number of amides is 1. The highest BCUT2D eigenvalue weighted by Gasteiger charge is 2.29. The Morgan fingerprint density at radius 2 is 2.12 bits per heavy atom.